The Bertz CT molecular complexity index is 626. The van der Waals surface area contributed by atoms with Gasteiger partial charge < -0.3 is 10.6 Å². The van der Waals surface area contributed by atoms with E-state index in [-0.39, 0.29) is 24.0 Å². The van der Waals surface area contributed by atoms with Crippen LogP contribution in [0.3, 0.4) is 0 Å². The minimum absolute atomic E-state index is 0. The van der Waals surface area contributed by atoms with Crippen molar-refractivity contribution >= 4 is 41.3 Å². The monoisotopic (exact) mass is 474 g/mol. The van der Waals surface area contributed by atoms with Crippen molar-refractivity contribution in [3.05, 3.63) is 34.5 Å². The Balaban J connectivity index is 0.00000288. The number of aliphatic imine (C=N–C) groups is 1. The Kier molecular flexibility index (Phi) is 8.45. The largest absolute Gasteiger partial charge is 0.434 e. The number of thiazole rings is 1. The van der Waals surface area contributed by atoms with E-state index in [1.807, 2.05) is 12.3 Å². The zero-order valence-corrected chi connectivity index (χ0v) is 16.0. The summed E-state index contributed by atoms with van der Waals surface area (Å²) in [6.45, 7) is 1.78. The van der Waals surface area contributed by atoms with E-state index in [1.54, 1.807) is 17.9 Å². The van der Waals surface area contributed by atoms with Crippen LogP contribution in [0.5, 0.6) is 0 Å². The molecule has 0 radical (unpaired) electrons. The van der Waals surface area contributed by atoms with Crippen LogP contribution < -0.4 is 10.6 Å². The molecule has 24 heavy (non-hydrogen) atoms. The highest BCUT2D eigenvalue weighted by molar-refractivity contribution is 14.0. The smallest absolute Gasteiger partial charge is 0.356 e. The molecular formula is C13H18F3IN6S. The number of aromatic nitrogens is 3. The minimum Gasteiger partial charge on any atom is -0.356 e. The molecule has 0 unspecified atom stereocenters. The molecule has 2 heterocycles. The lowest BCUT2D eigenvalue weighted by molar-refractivity contribution is -0.140. The molecule has 0 aliphatic carbocycles. The molecule has 0 fully saturated rings. The minimum atomic E-state index is -4.38. The lowest BCUT2D eigenvalue weighted by Gasteiger charge is -2.11. The maximum absolute atomic E-state index is 12.5. The second kappa shape index (κ2) is 9.81. The first-order chi connectivity index (χ1) is 11.0. The van der Waals surface area contributed by atoms with E-state index in [4.69, 9.17) is 0 Å². The molecule has 0 aliphatic heterocycles. The maximum atomic E-state index is 12.5. The van der Waals surface area contributed by atoms with Crippen molar-refractivity contribution in [2.45, 2.75) is 19.1 Å². The first-order valence-corrected chi connectivity index (χ1v) is 7.80. The van der Waals surface area contributed by atoms with Crippen LogP contribution >= 0.6 is 35.3 Å². The van der Waals surface area contributed by atoms with E-state index in [1.165, 1.54) is 0 Å². The Hall–Kier alpha value is -1.37. The van der Waals surface area contributed by atoms with Crippen molar-refractivity contribution in [2.75, 3.05) is 20.1 Å². The van der Waals surface area contributed by atoms with Gasteiger partial charge in [0.1, 0.15) is 0 Å². The zero-order chi connectivity index (χ0) is 16.7. The lowest BCUT2D eigenvalue weighted by atomic mass is 10.4. The van der Waals surface area contributed by atoms with Gasteiger partial charge in [-0.25, -0.2) is 4.98 Å². The van der Waals surface area contributed by atoms with Crippen LogP contribution in [-0.2, 0) is 19.1 Å². The van der Waals surface area contributed by atoms with Gasteiger partial charge in [0.2, 0.25) is 0 Å². The van der Waals surface area contributed by atoms with Gasteiger partial charge in [0.15, 0.2) is 11.7 Å². The highest BCUT2D eigenvalue weighted by Gasteiger charge is 2.33. The molecule has 0 aromatic carbocycles. The molecule has 0 spiro atoms. The number of hydrogen-bond acceptors (Lipinski definition) is 4. The number of guanidine groups is 1. The van der Waals surface area contributed by atoms with Crippen LogP contribution in [0.15, 0.2) is 28.8 Å². The third kappa shape index (κ3) is 6.63. The van der Waals surface area contributed by atoms with Crippen molar-refractivity contribution < 1.29 is 13.2 Å². The molecule has 134 valence electrons. The molecule has 0 saturated carbocycles. The van der Waals surface area contributed by atoms with Gasteiger partial charge >= 0.3 is 6.18 Å². The SMILES string of the molecule is CN=C(NCCc1nc(C(F)(F)F)cs1)NCCn1cccn1.I. The van der Waals surface area contributed by atoms with Gasteiger partial charge in [0, 0.05) is 44.3 Å². The van der Waals surface area contributed by atoms with Crippen LogP contribution in [-0.4, -0.2) is 40.9 Å². The summed E-state index contributed by atoms with van der Waals surface area (Å²) < 4.78 is 39.1. The van der Waals surface area contributed by atoms with Crippen LogP contribution in [0.25, 0.3) is 0 Å². The summed E-state index contributed by atoms with van der Waals surface area (Å²) in [5, 5.41) is 11.7. The van der Waals surface area contributed by atoms with E-state index in [2.05, 4.69) is 25.7 Å². The highest BCUT2D eigenvalue weighted by atomic mass is 127. The number of halogens is 4. The molecule has 0 saturated heterocycles. The highest BCUT2D eigenvalue weighted by Crippen LogP contribution is 2.29. The molecule has 0 aliphatic rings. The third-order valence-electron chi connectivity index (χ3n) is 2.89. The second-order valence-corrected chi connectivity index (χ2v) is 5.51. The molecule has 0 atom stereocenters. The van der Waals surface area contributed by atoms with Gasteiger partial charge in [0.05, 0.1) is 11.6 Å². The summed E-state index contributed by atoms with van der Waals surface area (Å²) in [6.07, 6.45) is -0.415. The molecule has 11 heteroatoms. The Morgan fingerprint density at radius 1 is 1.33 bits per heavy atom. The molecule has 0 bridgehead atoms. The van der Waals surface area contributed by atoms with Crippen molar-refractivity contribution in [1.82, 2.24) is 25.4 Å². The maximum Gasteiger partial charge on any atom is 0.434 e. The first-order valence-electron chi connectivity index (χ1n) is 6.92. The van der Waals surface area contributed by atoms with Gasteiger partial charge in [0.25, 0.3) is 0 Å². The number of rotatable bonds is 6. The van der Waals surface area contributed by atoms with Crippen LogP contribution in [0.1, 0.15) is 10.7 Å². The van der Waals surface area contributed by atoms with Crippen molar-refractivity contribution in [2.24, 2.45) is 4.99 Å². The zero-order valence-electron chi connectivity index (χ0n) is 12.9. The summed E-state index contributed by atoms with van der Waals surface area (Å²) >= 11 is 1.01. The van der Waals surface area contributed by atoms with Gasteiger partial charge in [-0.1, -0.05) is 0 Å². The summed E-state index contributed by atoms with van der Waals surface area (Å²) in [4.78, 5) is 7.63. The van der Waals surface area contributed by atoms with E-state index < -0.39 is 11.9 Å². The van der Waals surface area contributed by atoms with E-state index in [0.29, 0.717) is 37.0 Å². The summed E-state index contributed by atoms with van der Waals surface area (Å²) in [5.74, 6) is 0.588. The third-order valence-corrected chi connectivity index (χ3v) is 3.80. The van der Waals surface area contributed by atoms with Gasteiger partial charge in [-0.15, -0.1) is 35.3 Å². The molecule has 2 aromatic heterocycles. The fourth-order valence-electron chi connectivity index (χ4n) is 1.79. The number of nitrogens with one attached hydrogen (secondary N) is 2. The standard InChI is InChI=1S/C13H17F3N6S.HI/c1-17-12(19-6-8-22-7-2-4-20-22)18-5-3-11-21-10(9-23-11)13(14,15)16;/h2,4,7,9H,3,5-6,8H2,1H3,(H2,17,18,19);1H. The quantitative estimate of drug-likeness (QED) is 0.384. The lowest BCUT2D eigenvalue weighted by Crippen LogP contribution is -2.39. The van der Waals surface area contributed by atoms with Crippen molar-refractivity contribution in [3.63, 3.8) is 0 Å². The fourth-order valence-corrected chi connectivity index (χ4v) is 2.59. The number of alkyl halides is 3. The van der Waals surface area contributed by atoms with Crippen LogP contribution in [0, 0.1) is 0 Å². The van der Waals surface area contributed by atoms with Gasteiger partial charge in [-0.2, -0.15) is 18.3 Å². The average Bonchev–Trinajstić information content (AvgIpc) is 3.16. The number of hydrogen-bond donors (Lipinski definition) is 2. The topological polar surface area (TPSA) is 67.1 Å². The molecule has 6 nitrogen and oxygen atoms in total. The summed E-state index contributed by atoms with van der Waals surface area (Å²) in [6, 6.07) is 1.84. The average molecular weight is 474 g/mol. The summed E-state index contributed by atoms with van der Waals surface area (Å²) in [7, 11) is 1.63. The molecule has 2 N–H and O–H groups in total. The van der Waals surface area contributed by atoms with E-state index in [9.17, 15) is 13.2 Å². The summed E-state index contributed by atoms with van der Waals surface area (Å²) in [5.41, 5.74) is -0.834. The first kappa shape index (κ1) is 20.7. The van der Waals surface area contributed by atoms with Crippen molar-refractivity contribution in [3.8, 4) is 0 Å². The van der Waals surface area contributed by atoms with E-state index in [0.717, 1.165) is 16.7 Å². The van der Waals surface area contributed by atoms with Gasteiger partial charge in [-0.05, 0) is 6.07 Å². The molecular weight excluding hydrogens is 456 g/mol. The number of nitrogens with zero attached hydrogens (tertiary/aromatic N) is 4. The van der Waals surface area contributed by atoms with Crippen LogP contribution in [0.2, 0.25) is 0 Å². The Labute approximate surface area is 158 Å². The molecule has 2 rings (SSSR count). The predicted octanol–water partition coefficient (Wildman–Crippen LogP) is 2.38. The Morgan fingerprint density at radius 2 is 2.08 bits per heavy atom. The van der Waals surface area contributed by atoms with Crippen molar-refractivity contribution in [1.29, 1.82) is 0 Å². The van der Waals surface area contributed by atoms with E-state index >= 15 is 0 Å². The Morgan fingerprint density at radius 3 is 2.67 bits per heavy atom. The normalized spacial score (nSPS) is 11.9. The fraction of sp³-hybridized carbons (Fsp3) is 0.462. The molecule has 0 amide bonds. The van der Waals surface area contributed by atoms with Crippen LogP contribution in [0.4, 0.5) is 13.2 Å². The predicted molar refractivity (Wildman–Crippen MR) is 97.8 cm³/mol. The molecule has 2 aromatic rings. The van der Waals surface area contributed by atoms with Gasteiger partial charge in [-0.3, -0.25) is 9.67 Å². The second-order valence-electron chi connectivity index (χ2n) is 4.57.